The first-order chi connectivity index (χ1) is 9.13. The minimum absolute atomic E-state index is 0.152. The summed E-state index contributed by atoms with van der Waals surface area (Å²) < 4.78 is 0. The highest BCUT2D eigenvalue weighted by molar-refractivity contribution is 7.80. The van der Waals surface area contributed by atoms with E-state index in [1.165, 1.54) is 0 Å². The summed E-state index contributed by atoms with van der Waals surface area (Å²) in [5, 5.41) is 9.23. The van der Waals surface area contributed by atoms with Crippen LogP contribution in [0, 0.1) is 0 Å². The van der Waals surface area contributed by atoms with Crippen molar-refractivity contribution in [3.05, 3.63) is 29.6 Å². The molecule has 1 aromatic heterocycles. The van der Waals surface area contributed by atoms with Crippen molar-refractivity contribution in [3.63, 3.8) is 0 Å². The molecule has 106 valence electrons. The lowest BCUT2D eigenvalue weighted by atomic mass is 10.1. The molecule has 0 aliphatic heterocycles. The van der Waals surface area contributed by atoms with Crippen LogP contribution in [0.25, 0.3) is 0 Å². The first-order valence-corrected chi connectivity index (χ1v) is 7.13. The van der Waals surface area contributed by atoms with Gasteiger partial charge in [0.15, 0.2) is 0 Å². The van der Waals surface area contributed by atoms with E-state index in [4.69, 9.17) is 18.0 Å². The number of nitrogens with two attached hydrogens (primary N) is 1. The number of aliphatic hydroxyl groups excluding tert-OH is 1. The van der Waals surface area contributed by atoms with Gasteiger partial charge in [-0.1, -0.05) is 32.1 Å². The van der Waals surface area contributed by atoms with Gasteiger partial charge in [0.25, 0.3) is 0 Å². The van der Waals surface area contributed by atoms with Crippen LogP contribution in [-0.2, 0) is 6.54 Å². The van der Waals surface area contributed by atoms with Crippen molar-refractivity contribution >= 4 is 17.2 Å². The van der Waals surface area contributed by atoms with Crippen LogP contribution in [0.2, 0.25) is 0 Å². The van der Waals surface area contributed by atoms with Gasteiger partial charge < -0.3 is 10.8 Å². The minimum atomic E-state index is 0.152. The summed E-state index contributed by atoms with van der Waals surface area (Å²) in [5.41, 5.74) is 7.42. The van der Waals surface area contributed by atoms with Crippen molar-refractivity contribution < 1.29 is 5.11 Å². The van der Waals surface area contributed by atoms with E-state index in [0.29, 0.717) is 29.8 Å². The average molecular weight is 281 g/mol. The normalized spacial score (nSPS) is 11.2. The molecular formula is C14H23N3OS. The maximum absolute atomic E-state index is 9.23. The van der Waals surface area contributed by atoms with Gasteiger partial charge in [-0.15, -0.1) is 0 Å². The summed E-state index contributed by atoms with van der Waals surface area (Å²) in [6.07, 6.45) is 3.81. The Labute approximate surface area is 120 Å². The molecule has 0 amide bonds. The van der Waals surface area contributed by atoms with Gasteiger partial charge in [-0.25, -0.2) is 0 Å². The zero-order chi connectivity index (χ0) is 14.3. The highest BCUT2D eigenvalue weighted by Crippen LogP contribution is 2.15. The first kappa shape index (κ1) is 16.0. The second-order valence-corrected chi connectivity index (χ2v) is 4.98. The minimum Gasteiger partial charge on any atom is -0.395 e. The van der Waals surface area contributed by atoms with Gasteiger partial charge >= 0.3 is 0 Å². The molecule has 0 saturated carbocycles. The fourth-order valence-corrected chi connectivity index (χ4v) is 2.51. The summed E-state index contributed by atoms with van der Waals surface area (Å²) >= 11 is 5.04. The molecule has 0 spiro atoms. The van der Waals surface area contributed by atoms with Crippen LogP contribution in [0.4, 0.5) is 0 Å². The van der Waals surface area contributed by atoms with Crippen molar-refractivity contribution in [1.82, 2.24) is 9.88 Å². The van der Waals surface area contributed by atoms with E-state index in [0.717, 1.165) is 18.4 Å². The highest BCUT2D eigenvalue weighted by atomic mass is 32.1. The smallest absolute Gasteiger partial charge is 0.123 e. The maximum Gasteiger partial charge on any atom is 0.123 e. The lowest BCUT2D eigenvalue weighted by Gasteiger charge is -2.30. The van der Waals surface area contributed by atoms with E-state index in [2.05, 4.69) is 23.7 Å². The lowest BCUT2D eigenvalue weighted by molar-refractivity contribution is 0.136. The fourth-order valence-electron chi connectivity index (χ4n) is 2.33. The Hall–Kier alpha value is -1.04. The van der Waals surface area contributed by atoms with Gasteiger partial charge in [-0.2, -0.15) is 0 Å². The molecule has 0 aliphatic carbocycles. The van der Waals surface area contributed by atoms with E-state index in [1.807, 2.05) is 12.1 Å². The predicted molar refractivity (Wildman–Crippen MR) is 82.0 cm³/mol. The van der Waals surface area contributed by atoms with E-state index in [-0.39, 0.29) is 6.61 Å². The maximum atomic E-state index is 9.23. The molecule has 3 N–H and O–H groups in total. The summed E-state index contributed by atoms with van der Waals surface area (Å²) in [6.45, 7) is 5.84. The number of aliphatic hydroxyl groups is 1. The Kier molecular flexibility index (Phi) is 6.91. The van der Waals surface area contributed by atoms with Crippen LogP contribution in [0.1, 0.15) is 37.9 Å². The molecule has 0 saturated heterocycles. The summed E-state index contributed by atoms with van der Waals surface area (Å²) in [4.78, 5) is 6.83. The third-order valence-corrected chi connectivity index (χ3v) is 3.54. The van der Waals surface area contributed by atoms with Crippen molar-refractivity contribution in [3.8, 4) is 0 Å². The molecule has 0 bridgehead atoms. The molecule has 0 atom stereocenters. The largest absolute Gasteiger partial charge is 0.395 e. The monoisotopic (exact) mass is 281 g/mol. The van der Waals surface area contributed by atoms with Gasteiger partial charge in [0.1, 0.15) is 10.7 Å². The molecular weight excluding hydrogens is 258 g/mol. The number of thiocarbonyl (C=S) groups is 1. The number of nitrogens with zero attached hydrogens (tertiary/aromatic N) is 2. The van der Waals surface area contributed by atoms with E-state index < -0.39 is 0 Å². The number of aromatic nitrogens is 1. The molecule has 0 unspecified atom stereocenters. The van der Waals surface area contributed by atoms with Crippen molar-refractivity contribution in [2.45, 2.75) is 39.3 Å². The summed E-state index contributed by atoms with van der Waals surface area (Å²) in [6, 6.07) is 4.33. The summed E-state index contributed by atoms with van der Waals surface area (Å²) in [7, 11) is 0. The van der Waals surface area contributed by atoms with E-state index >= 15 is 0 Å². The molecule has 0 radical (unpaired) electrons. The summed E-state index contributed by atoms with van der Waals surface area (Å²) in [5.74, 6) is 0. The Morgan fingerprint density at radius 1 is 1.47 bits per heavy atom. The van der Waals surface area contributed by atoms with Crippen LogP contribution in [0.5, 0.6) is 0 Å². The molecule has 5 heteroatoms. The quantitative estimate of drug-likeness (QED) is 0.710. The number of hydrogen-bond acceptors (Lipinski definition) is 4. The molecule has 0 aliphatic rings. The van der Waals surface area contributed by atoms with E-state index in [1.54, 1.807) is 6.20 Å². The Morgan fingerprint density at radius 3 is 2.68 bits per heavy atom. The zero-order valence-electron chi connectivity index (χ0n) is 11.7. The number of rotatable bonds is 8. The van der Waals surface area contributed by atoms with Gasteiger partial charge in [-0.3, -0.25) is 9.88 Å². The Bertz CT molecular complexity index is 407. The predicted octanol–water partition coefficient (Wildman–Crippen LogP) is 1.70. The molecule has 1 aromatic rings. The fraction of sp³-hybridized carbons (Fsp3) is 0.571. The molecule has 1 heterocycles. The van der Waals surface area contributed by atoms with E-state index in [9.17, 15) is 5.11 Å². The third kappa shape index (κ3) is 4.53. The third-order valence-electron chi connectivity index (χ3n) is 3.34. The van der Waals surface area contributed by atoms with Crippen LogP contribution in [0.15, 0.2) is 18.3 Å². The second kappa shape index (κ2) is 8.19. The van der Waals surface area contributed by atoms with Crippen LogP contribution >= 0.6 is 12.2 Å². The average Bonchev–Trinajstić information content (AvgIpc) is 2.40. The van der Waals surface area contributed by atoms with Crippen molar-refractivity contribution in [2.24, 2.45) is 5.73 Å². The molecule has 4 nitrogen and oxygen atoms in total. The highest BCUT2D eigenvalue weighted by Gasteiger charge is 2.17. The standard InChI is InChI=1S/C14H23N3OS/c1-3-12(4-2)17(8-9-18)10-11-6-5-7-16-13(11)14(15)19/h5-7,12,18H,3-4,8-10H2,1-2H3,(H2,15,19). The number of hydrogen-bond donors (Lipinski definition) is 2. The van der Waals surface area contributed by atoms with Gasteiger partial charge in [0, 0.05) is 25.3 Å². The van der Waals surface area contributed by atoms with Crippen LogP contribution in [-0.4, -0.2) is 39.2 Å². The number of pyridine rings is 1. The van der Waals surface area contributed by atoms with Gasteiger partial charge in [-0.05, 0) is 24.5 Å². The van der Waals surface area contributed by atoms with Crippen molar-refractivity contribution in [2.75, 3.05) is 13.2 Å². The zero-order valence-corrected chi connectivity index (χ0v) is 12.5. The van der Waals surface area contributed by atoms with Gasteiger partial charge in [0.2, 0.25) is 0 Å². The molecule has 19 heavy (non-hydrogen) atoms. The van der Waals surface area contributed by atoms with Gasteiger partial charge in [0.05, 0.1) is 6.61 Å². The Balaban J connectivity index is 2.93. The van der Waals surface area contributed by atoms with Crippen LogP contribution in [0.3, 0.4) is 0 Å². The second-order valence-electron chi connectivity index (χ2n) is 4.54. The molecule has 0 aromatic carbocycles. The SMILES string of the molecule is CCC(CC)N(CCO)Cc1cccnc1C(N)=S. The lowest BCUT2D eigenvalue weighted by Crippen LogP contribution is -2.36. The topological polar surface area (TPSA) is 62.4 Å². The van der Waals surface area contributed by atoms with Crippen molar-refractivity contribution in [1.29, 1.82) is 0 Å². The molecule has 1 rings (SSSR count). The first-order valence-electron chi connectivity index (χ1n) is 6.72. The Morgan fingerprint density at radius 2 is 2.16 bits per heavy atom. The molecule has 0 fully saturated rings. The van der Waals surface area contributed by atoms with Crippen LogP contribution < -0.4 is 5.73 Å².